The number of carbonyl (C=O) groups is 2. The van der Waals surface area contributed by atoms with Crippen molar-refractivity contribution in [3.63, 3.8) is 0 Å². The van der Waals surface area contributed by atoms with Crippen LogP contribution in [0.15, 0.2) is 36.4 Å². The van der Waals surface area contributed by atoms with Crippen LogP contribution in [0.1, 0.15) is 17.3 Å². The van der Waals surface area contributed by atoms with Crippen LogP contribution in [-0.4, -0.2) is 57.3 Å². The van der Waals surface area contributed by atoms with Crippen LogP contribution < -0.4 is 20.7 Å². The molecule has 0 saturated carbocycles. The van der Waals surface area contributed by atoms with Gasteiger partial charge in [-0.15, -0.1) is 0 Å². The summed E-state index contributed by atoms with van der Waals surface area (Å²) in [5.74, 6) is 0.834. The van der Waals surface area contributed by atoms with E-state index >= 15 is 0 Å². The van der Waals surface area contributed by atoms with Crippen LogP contribution in [0.2, 0.25) is 0 Å². The zero-order chi connectivity index (χ0) is 20.4. The molecule has 2 amide bonds. The minimum absolute atomic E-state index is 0.137. The number of pyridine rings is 1. The van der Waals surface area contributed by atoms with Gasteiger partial charge in [-0.25, -0.2) is 4.98 Å². The van der Waals surface area contributed by atoms with Gasteiger partial charge in [0.05, 0.1) is 25.0 Å². The summed E-state index contributed by atoms with van der Waals surface area (Å²) in [6, 6.07) is 11.1. The fourth-order valence-electron chi connectivity index (χ4n) is 2.48. The number of aromatic nitrogens is 1. The highest BCUT2D eigenvalue weighted by atomic mass is 16.5. The van der Waals surface area contributed by atoms with E-state index in [1.807, 2.05) is 24.3 Å². The van der Waals surface area contributed by atoms with Gasteiger partial charge in [-0.2, -0.15) is 0 Å². The summed E-state index contributed by atoms with van der Waals surface area (Å²) >= 11 is 0. The van der Waals surface area contributed by atoms with Gasteiger partial charge in [0.25, 0.3) is 5.91 Å². The van der Waals surface area contributed by atoms with Gasteiger partial charge in [0.15, 0.2) is 0 Å². The molecular weight excluding hydrogens is 360 g/mol. The van der Waals surface area contributed by atoms with Crippen molar-refractivity contribution < 1.29 is 19.1 Å². The van der Waals surface area contributed by atoms with Crippen LogP contribution in [0.4, 0.5) is 5.82 Å². The lowest BCUT2D eigenvalue weighted by Gasteiger charge is -2.13. The first kappa shape index (κ1) is 21.2. The Kier molecular flexibility index (Phi) is 8.23. The fourth-order valence-corrected chi connectivity index (χ4v) is 2.48. The number of carbonyl (C=O) groups excluding carboxylic acids is 2. The van der Waals surface area contributed by atoms with Crippen molar-refractivity contribution in [3.05, 3.63) is 42.0 Å². The number of hydrogen-bond donors (Lipinski definition) is 3. The Balaban J connectivity index is 2.18. The van der Waals surface area contributed by atoms with Crippen molar-refractivity contribution >= 4 is 17.6 Å². The van der Waals surface area contributed by atoms with Gasteiger partial charge in [0, 0.05) is 39.2 Å². The molecule has 0 aliphatic heterocycles. The maximum atomic E-state index is 12.5. The second-order valence-corrected chi connectivity index (χ2v) is 5.98. The van der Waals surface area contributed by atoms with Crippen LogP contribution in [0.25, 0.3) is 11.3 Å². The zero-order valence-corrected chi connectivity index (χ0v) is 16.4. The molecule has 2 rings (SSSR count). The molecule has 0 bridgehead atoms. The third-order valence-electron chi connectivity index (χ3n) is 3.91. The molecular formula is C20H26N4O4. The molecule has 1 aromatic carbocycles. The lowest BCUT2D eigenvalue weighted by Crippen LogP contribution is -2.34. The largest absolute Gasteiger partial charge is 0.497 e. The molecule has 8 heteroatoms. The highest BCUT2D eigenvalue weighted by Gasteiger charge is 2.14. The summed E-state index contributed by atoms with van der Waals surface area (Å²) in [5, 5.41) is 8.56. The molecule has 0 radical (unpaired) electrons. The van der Waals surface area contributed by atoms with Gasteiger partial charge in [-0.1, -0.05) is 0 Å². The molecule has 0 aliphatic rings. The smallest absolute Gasteiger partial charge is 0.255 e. The minimum Gasteiger partial charge on any atom is -0.497 e. The van der Waals surface area contributed by atoms with Crippen molar-refractivity contribution in [2.45, 2.75) is 6.92 Å². The number of methoxy groups -OCH3 is 2. The average molecular weight is 386 g/mol. The fraction of sp³-hybridized carbons (Fsp3) is 0.350. The van der Waals surface area contributed by atoms with Crippen LogP contribution in [0, 0.1) is 0 Å². The lowest BCUT2D eigenvalue weighted by atomic mass is 10.1. The van der Waals surface area contributed by atoms with E-state index in [2.05, 4.69) is 20.9 Å². The predicted molar refractivity (Wildman–Crippen MR) is 108 cm³/mol. The van der Waals surface area contributed by atoms with E-state index in [-0.39, 0.29) is 11.8 Å². The first-order valence-corrected chi connectivity index (χ1v) is 8.96. The maximum absolute atomic E-state index is 12.5. The van der Waals surface area contributed by atoms with E-state index in [0.717, 1.165) is 17.0 Å². The number of benzene rings is 1. The number of ether oxygens (including phenoxy) is 2. The summed E-state index contributed by atoms with van der Waals surface area (Å²) in [4.78, 5) is 28.0. The standard InChI is InChI=1S/C20H26N4O4/c1-14(25)21-10-11-23-20(26)17-8-9-18(24-19(17)22-12-13-27-2)15-4-6-16(28-3)7-5-15/h4-9H,10-13H2,1-3H3,(H,21,25)(H,22,24)(H,23,26). The van der Waals surface area contributed by atoms with Gasteiger partial charge < -0.3 is 25.4 Å². The molecule has 0 atom stereocenters. The van der Waals surface area contributed by atoms with Crippen LogP contribution >= 0.6 is 0 Å². The summed E-state index contributed by atoms with van der Waals surface area (Å²) in [5.41, 5.74) is 2.07. The molecule has 1 aromatic heterocycles. The Morgan fingerprint density at radius 3 is 2.32 bits per heavy atom. The summed E-state index contributed by atoms with van der Waals surface area (Å²) in [6.45, 7) is 3.13. The van der Waals surface area contributed by atoms with E-state index in [1.54, 1.807) is 26.4 Å². The number of amides is 2. The van der Waals surface area contributed by atoms with Gasteiger partial charge in [-0.05, 0) is 36.4 Å². The van der Waals surface area contributed by atoms with E-state index in [9.17, 15) is 9.59 Å². The molecule has 0 unspecified atom stereocenters. The first-order valence-electron chi connectivity index (χ1n) is 8.96. The maximum Gasteiger partial charge on any atom is 0.255 e. The van der Waals surface area contributed by atoms with Gasteiger partial charge in [0.2, 0.25) is 5.91 Å². The second kappa shape index (κ2) is 10.9. The molecule has 150 valence electrons. The highest BCUT2D eigenvalue weighted by Crippen LogP contribution is 2.24. The molecule has 1 heterocycles. The van der Waals surface area contributed by atoms with Crippen molar-refractivity contribution in [2.75, 3.05) is 45.8 Å². The summed E-state index contributed by atoms with van der Waals surface area (Å²) < 4.78 is 10.2. The third-order valence-corrected chi connectivity index (χ3v) is 3.91. The van der Waals surface area contributed by atoms with Crippen LogP contribution in [0.5, 0.6) is 5.75 Å². The van der Waals surface area contributed by atoms with E-state index in [4.69, 9.17) is 9.47 Å². The number of nitrogens with zero attached hydrogens (tertiary/aromatic N) is 1. The summed E-state index contributed by atoms with van der Waals surface area (Å²) in [7, 11) is 3.23. The second-order valence-electron chi connectivity index (χ2n) is 5.98. The molecule has 8 nitrogen and oxygen atoms in total. The molecule has 0 aliphatic carbocycles. The SMILES string of the molecule is COCCNc1nc(-c2ccc(OC)cc2)ccc1C(=O)NCCNC(C)=O. The third kappa shape index (κ3) is 6.24. The van der Waals surface area contributed by atoms with Crippen LogP contribution in [0.3, 0.4) is 0 Å². The molecule has 3 N–H and O–H groups in total. The molecule has 0 fully saturated rings. The normalized spacial score (nSPS) is 10.2. The monoisotopic (exact) mass is 386 g/mol. The Hall–Kier alpha value is -3.13. The van der Waals surface area contributed by atoms with E-state index in [1.165, 1.54) is 6.92 Å². The predicted octanol–water partition coefficient (Wildman–Crippen LogP) is 1.68. The Labute approximate surface area is 164 Å². The molecule has 0 spiro atoms. The van der Waals surface area contributed by atoms with Gasteiger partial charge in [-0.3, -0.25) is 9.59 Å². The number of anilines is 1. The van der Waals surface area contributed by atoms with Crippen molar-refractivity contribution in [3.8, 4) is 17.0 Å². The lowest BCUT2D eigenvalue weighted by molar-refractivity contribution is -0.118. The average Bonchev–Trinajstić information content (AvgIpc) is 2.71. The van der Waals surface area contributed by atoms with Crippen molar-refractivity contribution in [2.24, 2.45) is 0 Å². The molecule has 28 heavy (non-hydrogen) atoms. The molecule has 2 aromatic rings. The number of hydrogen-bond acceptors (Lipinski definition) is 6. The van der Waals surface area contributed by atoms with E-state index in [0.29, 0.717) is 37.6 Å². The Morgan fingerprint density at radius 1 is 0.964 bits per heavy atom. The van der Waals surface area contributed by atoms with E-state index < -0.39 is 0 Å². The number of nitrogens with one attached hydrogen (secondary N) is 3. The highest BCUT2D eigenvalue weighted by molar-refractivity contribution is 5.99. The zero-order valence-electron chi connectivity index (χ0n) is 16.4. The Morgan fingerprint density at radius 2 is 1.68 bits per heavy atom. The topological polar surface area (TPSA) is 102 Å². The Bertz CT molecular complexity index is 793. The summed E-state index contributed by atoms with van der Waals surface area (Å²) in [6.07, 6.45) is 0. The number of rotatable bonds is 10. The van der Waals surface area contributed by atoms with Crippen molar-refractivity contribution in [1.82, 2.24) is 15.6 Å². The quantitative estimate of drug-likeness (QED) is 0.537. The van der Waals surface area contributed by atoms with Crippen LogP contribution in [-0.2, 0) is 9.53 Å². The first-order chi connectivity index (χ1) is 13.5. The van der Waals surface area contributed by atoms with Gasteiger partial charge in [0.1, 0.15) is 11.6 Å². The minimum atomic E-state index is -0.265. The molecule has 0 saturated heterocycles. The van der Waals surface area contributed by atoms with Gasteiger partial charge >= 0.3 is 0 Å². The van der Waals surface area contributed by atoms with Crippen molar-refractivity contribution in [1.29, 1.82) is 0 Å².